The maximum atomic E-state index is 9.02. The van der Waals surface area contributed by atoms with Gasteiger partial charge in [-0.15, -0.1) is 0 Å². The minimum Gasteiger partial charge on any atom is -0.345 e. The van der Waals surface area contributed by atoms with Gasteiger partial charge in [0.25, 0.3) is 0 Å². The van der Waals surface area contributed by atoms with E-state index in [-0.39, 0.29) is 11.3 Å². The number of benzene rings is 1. The van der Waals surface area contributed by atoms with Gasteiger partial charge in [0.05, 0.1) is 0 Å². The summed E-state index contributed by atoms with van der Waals surface area (Å²) < 4.78 is 0. The normalized spacial score (nSPS) is 13.3. The fourth-order valence-corrected chi connectivity index (χ4v) is 2.20. The molecule has 20 heavy (non-hydrogen) atoms. The van der Waals surface area contributed by atoms with Crippen LogP contribution in [0.4, 0.5) is 5.69 Å². The van der Waals surface area contributed by atoms with E-state index in [9.17, 15) is 0 Å². The zero-order valence-electron chi connectivity index (χ0n) is 11.1. The highest BCUT2D eigenvalue weighted by molar-refractivity contribution is 5.59. The van der Waals surface area contributed by atoms with Gasteiger partial charge in [0.15, 0.2) is 5.57 Å². The fraction of sp³-hybridized carbons (Fsp3) is 0.267. The second kappa shape index (κ2) is 5.89. The summed E-state index contributed by atoms with van der Waals surface area (Å²) in [6, 6.07) is 11.2. The van der Waals surface area contributed by atoms with Crippen LogP contribution in [0.25, 0.3) is 0 Å². The Bertz CT molecular complexity index is 666. The van der Waals surface area contributed by atoms with Gasteiger partial charge in [0.2, 0.25) is 0 Å². The SMILES string of the molecule is CN1CCc2ccc(NC(C#N)=C(C#N)C#N)cc2C1. The molecule has 1 aliphatic rings. The lowest BCUT2D eigenvalue weighted by Crippen LogP contribution is -2.26. The summed E-state index contributed by atoms with van der Waals surface area (Å²) >= 11 is 0. The first kappa shape index (κ1) is 13.6. The number of nitriles is 3. The number of likely N-dealkylation sites (N-methyl/N-ethyl adjacent to an activating group) is 1. The first-order valence-corrected chi connectivity index (χ1v) is 6.20. The van der Waals surface area contributed by atoms with Crippen molar-refractivity contribution in [1.29, 1.82) is 15.8 Å². The molecule has 0 amide bonds. The number of nitrogens with zero attached hydrogens (tertiary/aromatic N) is 4. The molecule has 5 nitrogen and oxygen atoms in total. The predicted molar refractivity (Wildman–Crippen MR) is 74.0 cm³/mol. The van der Waals surface area contributed by atoms with Gasteiger partial charge in [-0.05, 0) is 36.7 Å². The first-order valence-electron chi connectivity index (χ1n) is 6.20. The third-order valence-electron chi connectivity index (χ3n) is 3.26. The molecule has 0 bridgehead atoms. The average Bonchev–Trinajstić information content (AvgIpc) is 2.46. The molecule has 98 valence electrons. The van der Waals surface area contributed by atoms with Crippen LogP contribution in [0.1, 0.15) is 11.1 Å². The number of rotatable bonds is 2. The maximum Gasteiger partial charge on any atom is 0.163 e. The molecule has 0 aliphatic carbocycles. The second-order valence-electron chi connectivity index (χ2n) is 4.68. The van der Waals surface area contributed by atoms with E-state index in [1.54, 1.807) is 12.1 Å². The van der Waals surface area contributed by atoms with Crippen LogP contribution in [0, 0.1) is 34.0 Å². The highest BCUT2D eigenvalue weighted by Crippen LogP contribution is 2.23. The molecule has 1 aliphatic heterocycles. The van der Waals surface area contributed by atoms with Crippen LogP contribution in [0.2, 0.25) is 0 Å². The van der Waals surface area contributed by atoms with Gasteiger partial charge in [0, 0.05) is 18.8 Å². The van der Waals surface area contributed by atoms with Crippen molar-refractivity contribution in [2.24, 2.45) is 0 Å². The van der Waals surface area contributed by atoms with Gasteiger partial charge in [0.1, 0.15) is 23.9 Å². The summed E-state index contributed by atoms with van der Waals surface area (Å²) in [5.41, 5.74) is 3.01. The molecule has 0 aromatic heterocycles. The first-order chi connectivity index (χ1) is 9.67. The number of anilines is 1. The Kier molecular flexibility index (Phi) is 4.01. The minimum absolute atomic E-state index is 0.0147. The molecule has 1 heterocycles. The zero-order chi connectivity index (χ0) is 14.5. The van der Waals surface area contributed by atoms with Crippen molar-refractivity contribution in [3.63, 3.8) is 0 Å². The molecule has 0 atom stereocenters. The number of allylic oxidation sites excluding steroid dienone is 2. The molecule has 5 heteroatoms. The van der Waals surface area contributed by atoms with Crippen molar-refractivity contribution in [2.45, 2.75) is 13.0 Å². The van der Waals surface area contributed by atoms with E-state index in [0.29, 0.717) is 0 Å². The summed E-state index contributed by atoms with van der Waals surface area (Å²) in [5, 5.41) is 29.5. The Labute approximate surface area is 118 Å². The number of nitrogens with one attached hydrogen (secondary N) is 1. The predicted octanol–water partition coefficient (Wildman–Crippen LogP) is 1.91. The van der Waals surface area contributed by atoms with Gasteiger partial charge in [-0.25, -0.2) is 0 Å². The second-order valence-corrected chi connectivity index (χ2v) is 4.68. The third kappa shape index (κ3) is 2.78. The maximum absolute atomic E-state index is 9.02. The van der Waals surface area contributed by atoms with Gasteiger partial charge in [-0.3, -0.25) is 0 Å². The van der Waals surface area contributed by atoms with E-state index in [2.05, 4.69) is 17.3 Å². The van der Waals surface area contributed by atoms with Gasteiger partial charge in [-0.1, -0.05) is 6.07 Å². The van der Waals surface area contributed by atoms with E-state index in [1.807, 2.05) is 24.3 Å². The van der Waals surface area contributed by atoms with Crippen molar-refractivity contribution in [1.82, 2.24) is 4.90 Å². The van der Waals surface area contributed by atoms with E-state index < -0.39 is 0 Å². The van der Waals surface area contributed by atoms with Crippen LogP contribution in [-0.4, -0.2) is 18.5 Å². The smallest absolute Gasteiger partial charge is 0.163 e. The molecule has 0 radical (unpaired) electrons. The van der Waals surface area contributed by atoms with E-state index in [4.69, 9.17) is 15.8 Å². The lowest BCUT2D eigenvalue weighted by molar-refractivity contribution is 0.313. The highest BCUT2D eigenvalue weighted by Gasteiger charge is 2.14. The van der Waals surface area contributed by atoms with Crippen molar-refractivity contribution in [3.05, 3.63) is 40.6 Å². The van der Waals surface area contributed by atoms with E-state index in [1.165, 1.54) is 11.1 Å². The van der Waals surface area contributed by atoms with E-state index in [0.717, 1.165) is 25.2 Å². The van der Waals surface area contributed by atoms with Crippen LogP contribution in [0.3, 0.4) is 0 Å². The van der Waals surface area contributed by atoms with Crippen molar-refractivity contribution in [2.75, 3.05) is 18.9 Å². The summed E-state index contributed by atoms with van der Waals surface area (Å²) in [6.07, 6.45) is 1.01. The lowest BCUT2D eigenvalue weighted by atomic mass is 9.99. The largest absolute Gasteiger partial charge is 0.345 e. The summed E-state index contributed by atoms with van der Waals surface area (Å²) in [7, 11) is 2.06. The lowest BCUT2D eigenvalue weighted by Gasteiger charge is -2.25. The molecular formula is C15H13N5. The zero-order valence-corrected chi connectivity index (χ0v) is 11.1. The number of hydrogen-bond donors (Lipinski definition) is 1. The standard InChI is InChI=1S/C15H13N5/c1-20-5-4-11-2-3-14(6-12(11)10-20)19-15(9-18)13(7-16)8-17/h2-3,6,19H,4-5,10H2,1H3. The molecule has 0 saturated carbocycles. The molecule has 0 unspecified atom stereocenters. The van der Waals surface area contributed by atoms with Crippen LogP contribution < -0.4 is 5.32 Å². The molecule has 2 rings (SSSR count). The Morgan fingerprint density at radius 2 is 1.90 bits per heavy atom. The topological polar surface area (TPSA) is 86.6 Å². The number of hydrogen-bond acceptors (Lipinski definition) is 5. The molecule has 1 aromatic carbocycles. The van der Waals surface area contributed by atoms with Crippen molar-refractivity contribution in [3.8, 4) is 18.2 Å². The summed E-state index contributed by atoms with van der Waals surface area (Å²) in [6.45, 7) is 1.90. The summed E-state index contributed by atoms with van der Waals surface area (Å²) in [4.78, 5) is 2.23. The van der Waals surface area contributed by atoms with Gasteiger partial charge < -0.3 is 10.2 Å². The molecular weight excluding hydrogens is 250 g/mol. The highest BCUT2D eigenvalue weighted by atomic mass is 15.1. The summed E-state index contributed by atoms with van der Waals surface area (Å²) in [5.74, 6) is 0. The van der Waals surface area contributed by atoms with E-state index >= 15 is 0 Å². The molecule has 0 spiro atoms. The Morgan fingerprint density at radius 1 is 1.15 bits per heavy atom. The molecule has 1 aromatic rings. The van der Waals surface area contributed by atoms with Gasteiger partial charge >= 0.3 is 0 Å². The number of fused-ring (bicyclic) bond motifs is 1. The fourth-order valence-electron chi connectivity index (χ4n) is 2.20. The van der Waals surface area contributed by atoms with Crippen molar-refractivity contribution < 1.29 is 0 Å². The van der Waals surface area contributed by atoms with Crippen LogP contribution in [0.15, 0.2) is 29.5 Å². The van der Waals surface area contributed by atoms with Gasteiger partial charge in [-0.2, -0.15) is 15.8 Å². The van der Waals surface area contributed by atoms with Crippen LogP contribution >= 0.6 is 0 Å². The average molecular weight is 263 g/mol. The molecule has 1 N–H and O–H groups in total. The van der Waals surface area contributed by atoms with Crippen molar-refractivity contribution >= 4 is 5.69 Å². The molecule has 0 saturated heterocycles. The minimum atomic E-state index is -0.206. The van der Waals surface area contributed by atoms with Crippen LogP contribution in [0.5, 0.6) is 0 Å². The third-order valence-corrected chi connectivity index (χ3v) is 3.26. The Morgan fingerprint density at radius 3 is 2.55 bits per heavy atom. The quantitative estimate of drug-likeness (QED) is 0.823. The Balaban J connectivity index is 2.30. The van der Waals surface area contributed by atoms with Crippen LogP contribution in [-0.2, 0) is 13.0 Å². The molecule has 0 fully saturated rings. The Hall–Kier alpha value is -2.81. The monoisotopic (exact) mass is 263 g/mol.